The lowest BCUT2D eigenvalue weighted by atomic mass is 10.0. The van der Waals surface area contributed by atoms with Crippen LogP contribution in [-0.2, 0) is 12.8 Å². The Labute approximate surface area is 98.6 Å². The smallest absolute Gasteiger partial charge is 0.388 e. The molecule has 7 heteroatoms. The van der Waals surface area contributed by atoms with Gasteiger partial charge in [0.25, 0.3) is 0 Å². The van der Waals surface area contributed by atoms with Gasteiger partial charge in [-0.05, 0) is 18.2 Å². The molecule has 1 aromatic heterocycles. The number of aliphatic hydroxyl groups is 1. The maximum absolute atomic E-state index is 12.9. The zero-order chi connectivity index (χ0) is 13.3. The third kappa shape index (κ3) is 2.35. The topological polar surface area (TPSA) is 46.3 Å². The van der Waals surface area contributed by atoms with Gasteiger partial charge in [0.15, 0.2) is 5.76 Å². The van der Waals surface area contributed by atoms with E-state index in [0.29, 0.717) is 6.07 Å². The van der Waals surface area contributed by atoms with Gasteiger partial charge in [-0.2, -0.15) is 13.2 Å². The lowest BCUT2D eigenvalue weighted by Gasteiger charge is -2.10. The molecule has 0 aliphatic rings. The van der Waals surface area contributed by atoms with Gasteiger partial charge in [0.05, 0.1) is 5.56 Å². The van der Waals surface area contributed by atoms with E-state index in [1.165, 1.54) is 6.07 Å². The van der Waals surface area contributed by atoms with E-state index in [2.05, 4.69) is 9.68 Å². The summed E-state index contributed by atoms with van der Waals surface area (Å²) in [6.45, 7) is -0.477. The first-order valence-corrected chi connectivity index (χ1v) is 4.85. The molecule has 0 aliphatic carbocycles. The van der Waals surface area contributed by atoms with Crippen LogP contribution in [0, 0.1) is 5.82 Å². The van der Waals surface area contributed by atoms with Crippen molar-refractivity contribution in [2.75, 3.05) is 0 Å². The average molecular weight is 261 g/mol. The zero-order valence-corrected chi connectivity index (χ0v) is 8.83. The van der Waals surface area contributed by atoms with E-state index in [0.717, 1.165) is 12.1 Å². The second kappa shape index (κ2) is 4.41. The Kier molecular flexibility index (Phi) is 3.08. The van der Waals surface area contributed by atoms with Crippen LogP contribution in [0.15, 0.2) is 28.8 Å². The maximum atomic E-state index is 12.9. The molecular weight excluding hydrogens is 254 g/mol. The maximum Gasteiger partial charge on any atom is 0.417 e. The molecule has 1 aromatic carbocycles. The number of hydrogen-bond acceptors (Lipinski definition) is 3. The summed E-state index contributed by atoms with van der Waals surface area (Å²) >= 11 is 0. The third-order valence-electron chi connectivity index (χ3n) is 2.28. The average Bonchev–Trinajstić information content (AvgIpc) is 2.76. The molecule has 0 fully saturated rings. The van der Waals surface area contributed by atoms with Crippen LogP contribution in [0.4, 0.5) is 17.6 Å². The van der Waals surface area contributed by atoms with Gasteiger partial charge in [0, 0.05) is 11.6 Å². The SMILES string of the molecule is OCc1cc(-c2ccc(F)cc2C(F)(F)F)no1. The molecule has 0 saturated carbocycles. The Morgan fingerprint density at radius 1 is 1.22 bits per heavy atom. The van der Waals surface area contributed by atoms with E-state index in [4.69, 9.17) is 5.11 Å². The van der Waals surface area contributed by atoms with E-state index in [-0.39, 0.29) is 17.0 Å². The number of hydrogen-bond donors (Lipinski definition) is 1. The Morgan fingerprint density at radius 3 is 2.50 bits per heavy atom. The van der Waals surface area contributed by atoms with Crippen LogP contribution in [-0.4, -0.2) is 10.3 Å². The summed E-state index contributed by atoms with van der Waals surface area (Å²) < 4.78 is 55.7. The molecule has 0 amide bonds. The van der Waals surface area contributed by atoms with Gasteiger partial charge in [0.1, 0.15) is 18.1 Å². The fraction of sp³-hybridized carbons (Fsp3) is 0.182. The van der Waals surface area contributed by atoms with Crippen LogP contribution >= 0.6 is 0 Å². The largest absolute Gasteiger partial charge is 0.417 e. The first-order chi connectivity index (χ1) is 8.41. The van der Waals surface area contributed by atoms with Crippen molar-refractivity contribution in [3.63, 3.8) is 0 Å². The van der Waals surface area contributed by atoms with Gasteiger partial charge in [0.2, 0.25) is 0 Å². The van der Waals surface area contributed by atoms with Crippen molar-refractivity contribution in [1.29, 1.82) is 0 Å². The Hall–Kier alpha value is -1.89. The number of alkyl halides is 3. The number of benzene rings is 1. The lowest BCUT2D eigenvalue weighted by molar-refractivity contribution is -0.137. The molecule has 0 unspecified atom stereocenters. The Bertz CT molecular complexity index is 562. The Balaban J connectivity index is 2.56. The first-order valence-electron chi connectivity index (χ1n) is 4.85. The summed E-state index contributed by atoms with van der Waals surface area (Å²) in [6.07, 6.45) is -4.70. The minimum absolute atomic E-state index is 0.0300. The molecular formula is C11H7F4NO2. The van der Waals surface area contributed by atoms with Crippen molar-refractivity contribution in [2.24, 2.45) is 0 Å². The summed E-state index contributed by atoms with van der Waals surface area (Å²) in [6, 6.07) is 3.43. The zero-order valence-electron chi connectivity index (χ0n) is 8.83. The molecule has 1 heterocycles. The van der Waals surface area contributed by atoms with Gasteiger partial charge in [-0.25, -0.2) is 4.39 Å². The van der Waals surface area contributed by atoms with Crippen molar-refractivity contribution < 1.29 is 27.2 Å². The van der Waals surface area contributed by atoms with Crippen molar-refractivity contribution in [3.8, 4) is 11.3 Å². The highest BCUT2D eigenvalue weighted by atomic mass is 19.4. The highest BCUT2D eigenvalue weighted by Crippen LogP contribution is 2.37. The predicted molar refractivity (Wildman–Crippen MR) is 52.8 cm³/mol. The van der Waals surface area contributed by atoms with E-state index < -0.39 is 24.2 Å². The fourth-order valence-corrected chi connectivity index (χ4v) is 1.49. The number of rotatable bonds is 2. The monoisotopic (exact) mass is 261 g/mol. The molecule has 0 bridgehead atoms. The molecule has 1 N–H and O–H groups in total. The van der Waals surface area contributed by atoms with Crippen LogP contribution < -0.4 is 0 Å². The summed E-state index contributed by atoms with van der Waals surface area (Å²) in [4.78, 5) is 0. The number of aliphatic hydroxyl groups excluding tert-OH is 1. The minimum Gasteiger partial charge on any atom is -0.388 e. The van der Waals surface area contributed by atoms with Crippen LogP contribution in [0.3, 0.4) is 0 Å². The van der Waals surface area contributed by atoms with Crippen molar-refractivity contribution in [1.82, 2.24) is 5.16 Å². The van der Waals surface area contributed by atoms with Gasteiger partial charge in [-0.15, -0.1) is 0 Å². The van der Waals surface area contributed by atoms with Gasteiger partial charge >= 0.3 is 6.18 Å². The van der Waals surface area contributed by atoms with Gasteiger partial charge < -0.3 is 9.63 Å². The van der Waals surface area contributed by atoms with Crippen LogP contribution in [0.2, 0.25) is 0 Å². The number of halogens is 4. The Morgan fingerprint density at radius 2 is 1.94 bits per heavy atom. The molecule has 3 nitrogen and oxygen atoms in total. The highest BCUT2D eigenvalue weighted by molar-refractivity contribution is 5.64. The van der Waals surface area contributed by atoms with Crippen molar-refractivity contribution in [3.05, 3.63) is 41.4 Å². The van der Waals surface area contributed by atoms with Crippen LogP contribution in [0.1, 0.15) is 11.3 Å². The molecule has 96 valence electrons. The highest BCUT2D eigenvalue weighted by Gasteiger charge is 2.34. The number of aromatic nitrogens is 1. The lowest BCUT2D eigenvalue weighted by Crippen LogP contribution is -2.07. The molecule has 0 radical (unpaired) electrons. The predicted octanol–water partition coefficient (Wildman–Crippen LogP) is 2.99. The number of nitrogens with zero attached hydrogens (tertiary/aromatic N) is 1. The molecule has 2 aromatic rings. The molecule has 0 aliphatic heterocycles. The van der Waals surface area contributed by atoms with Crippen LogP contribution in [0.25, 0.3) is 11.3 Å². The van der Waals surface area contributed by atoms with E-state index >= 15 is 0 Å². The molecule has 0 spiro atoms. The summed E-state index contributed by atoms with van der Waals surface area (Å²) in [5, 5.41) is 12.2. The fourth-order valence-electron chi connectivity index (χ4n) is 1.49. The summed E-state index contributed by atoms with van der Waals surface area (Å²) in [7, 11) is 0. The normalized spacial score (nSPS) is 11.8. The standard InChI is InChI=1S/C11H7F4NO2/c12-6-1-2-8(9(3-6)11(13,14)15)10-4-7(5-17)18-16-10/h1-4,17H,5H2. The molecule has 2 rings (SSSR count). The first kappa shape index (κ1) is 12.6. The van der Waals surface area contributed by atoms with E-state index in [9.17, 15) is 17.6 Å². The van der Waals surface area contributed by atoms with Crippen molar-refractivity contribution in [2.45, 2.75) is 12.8 Å². The molecule has 0 saturated heterocycles. The minimum atomic E-state index is -4.70. The summed E-state index contributed by atoms with van der Waals surface area (Å²) in [5.74, 6) is -0.959. The second-order valence-corrected chi connectivity index (χ2v) is 3.52. The van der Waals surface area contributed by atoms with Crippen molar-refractivity contribution >= 4 is 0 Å². The van der Waals surface area contributed by atoms with Crippen LogP contribution in [0.5, 0.6) is 0 Å². The molecule has 0 atom stereocenters. The van der Waals surface area contributed by atoms with Gasteiger partial charge in [-0.1, -0.05) is 5.16 Å². The molecule has 18 heavy (non-hydrogen) atoms. The summed E-state index contributed by atoms with van der Waals surface area (Å²) in [5.41, 5.74) is -1.54. The third-order valence-corrected chi connectivity index (χ3v) is 2.28. The van der Waals surface area contributed by atoms with E-state index in [1.807, 2.05) is 0 Å². The van der Waals surface area contributed by atoms with E-state index in [1.54, 1.807) is 0 Å². The van der Waals surface area contributed by atoms with Gasteiger partial charge in [-0.3, -0.25) is 0 Å². The second-order valence-electron chi connectivity index (χ2n) is 3.52. The quantitative estimate of drug-likeness (QED) is 0.845.